The Morgan fingerprint density at radius 3 is 2.54 bits per heavy atom. The first-order valence-electron chi connectivity index (χ1n) is 9.25. The molecule has 0 saturated carbocycles. The van der Waals surface area contributed by atoms with Gasteiger partial charge in [-0.25, -0.2) is 0 Å². The summed E-state index contributed by atoms with van der Waals surface area (Å²) in [6.07, 6.45) is 1.59. The third-order valence-electron chi connectivity index (χ3n) is 4.83. The van der Waals surface area contributed by atoms with Gasteiger partial charge < -0.3 is 18.6 Å². The van der Waals surface area contributed by atoms with Crippen LogP contribution in [0.5, 0.6) is 0 Å². The number of piperazine rings is 1. The second-order valence-electron chi connectivity index (χ2n) is 6.67. The van der Waals surface area contributed by atoms with Gasteiger partial charge in [-0.2, -0.15) is 0 Å². The topological polar surface area (TPSA) is 75.6 Å². The van der Waals surface area contributed by atoms with Crippen molar-refractivity contribution in [1.82, 2.24) is 15.1 Å². The highest BCUT2D eigenvalue weighted by Gasteiger charge is 2.27. The smallest absolute Gasteiger partial charge is 0.277 e. The minimum Gasteiger partial charge on any atom is -0.469 e. The average molecular weight is 398 g/mol. The Hall–Kier alpha value is -2.74. The van der Waals surface area contributed by atoms with Crippen molar-refractivity contribution >= 4 is 23.4 Å². The van der Waals surface area contributed by atoms with E-state index in [1.807, 2.05) is 36.9 Å². The first kappa shape index (κ1) is 18.6. The maximum absolute atomic E-state index is 12.8. The van der Waals surface area contributed by atoms with Crippen molar-refractivity contribution in [3.05, 3.63) is 48.4 Å². The molecule has 1 amide bonds. The van der Waals surface area contributed by atoms with Gasteiger partial charge in [-0.3, -0.25) is 4.79 Å². The molecule has 3 aromatic rings. The van der Waals surface area contributed by atoms with Crippen LogP contribution < -0.4 is 4.90 Å². The number of benzene rings is 1. The van der Waals surface area contributed by atoms with Gasteiger partial charge in [-0.1, -0.05) is 30.0 Å². The summed E-state index contributed by atoms with van der Waals surface area (Å²) in [5.74, 6) is 1.22. The van der Waals surface area contributed by atoms with Gasteiger partial charge in [0, 0.05) is 31.9 Å². The van der Waals surface area contributed by atoms with E-state index in [2.05, 4.69) is 27.2 Å². The zero-order valence-electron chi connectivity index (χ0n) is 15.9. The standard InChI is InChI=1S/C20H22N4O3S/c1-14-17(8-13-26-14)18-21-22-20(27-18)28-15(2)19(25)24-11-9-23(10-12-24)16-6-4-3-5-7-16/h3-8,13,15H,9-12H2,1-2H3/t15-/m0/s1. The van der Waals surface area contributed by atoms with Crippen LogP contribution in [0.4, 0.5) is 5.69 Å². The number of amides is 1. The molecular weight excluding hydrogens is 376 g/mol. The Bertz CT molecular complexity index is 932. The minimum atomic E-state index is -0.290. The number of furan rings is 1. The molecule has 7 nitrogen and oxygen atoms in total. The number of para-hydroxylation sites is 1. The van der Waals surface area contributed by atoms with Gasteiger partial charge in [-0.15, -0.1) is 10.2 Å². The van der Waals surface area contributed by atoms with Gasteiger partial charge in [0.2, 0.25) is 5.91 Å². The summed E-state index contributed by atoms with van der Waals surface area (Å²) in [7, 11) is 0. The molecule has 0 aliphatic carbocycles. The second-order valence-corrected chi connectivity index (χ2v) is 7.96. The first-order valence-corrected chi connectivity index (χ1v) is 10.1. The normalized spacial score (nSPS) is 15.6. The Balaban J connectivity index is 1.33. The lowest BCUT2D eigenvalue weighted by molar-refractivity contribution is -0.130. The van der Waals surface area contributed by atoms with E-state index in [1.54, 1.807) is 12.3 Å². The van der Waals surface area contributed by atoms with Gasteiger partial charge in [0.25, 0.3) is 11.1 Å². The van der Waals surface area contributed by atoms with Crippen LogP contribution in [0.3, 0.4) is 0 Å². The van der Waals surface area contributed by atoms with Gasteiger partial charge in [0.05, 0.1) is 17.1 Å². The van der Waals surface area contributed by atoms with Gasteiger partial charge in [-0.05, 0) is 32.0 Å². The quantitative estimate of drug-likeness (QED) is 0.609. The fourth-order valence-corrected chi connectivity index (χ4v) is 4.02. The largest absolute Gasteiger partial charge is 0.469 e. The molecule has 0 spiro atoms. The molecule has 1 atom stereocenters. The molecule has 146 valence electrons. The number of carbonyl (C=O) groups excluding carboxylic acids is 1. The number of nitrogens with zero attached hydrogens (tertiary/aromatic N) is 4. The van der Waals surface area contributed by atoms with Crippen LogP contribution in [0.2, 0.25) is 0 Å². The van der Waals surface area contributed by atoms with Crippen LogP contribution >= 0.6 is 11.8 Å². The molecule has 2 aromatic heterocycles. The van der Waals surface area contributed by atoms with Crippen LogP contribution in [0.1, 0.15) is 12.7 Å². The monoisotopic (exact) mass is 398 g/mol. The van der Waals surface area contributed by atoms with E-state index < -0.39 is 0 Å². The average Bonchev–Trinajstić information content (AvgIpc) is 3.36. The number of thioether (sulfide) groups is 1. The third-order valence-corrected chi connectivity index (χ3v) is 5.76. The number of hydrogen-bond acceptors (Lipinski definition) is 7. The van der Waals surface area contributed by atoms with Crippen LogP contribution in [0.15, 0.2) is 56.7 Å². The van der Waals surface area contributed by atoms with E-state index >= 15 is 0 Å². The van der Waals surface area contributed by atoms with Crippen LogP contribution in [0.25, 0.3) is 11.5 Å². The zero-order valence-corrected chi connectivity index (χ0v) is 16.7. The zero-order chi connectivity index (χ0) is 19.5. The highest BCUT2D eigenvalue weighted by atomic mass is 32.2. The van der Waals surface area contributed by atoms with Crippen molar-refractivity contribution in [2.45, 2.75) is 24.3 Å². The molecule has 3 heterocycles. The molecular formula is C20H22N4O3S. The maximum atomic E-state index is 12.8. The molecule has 0 bridgehead atoms. The Morgan fingerprint density at radius 1 is 1.11 bits per heavy atom. The summed E-state index contributed by atoms with van der Waals surface area (Å²) >= 11 is 1.29. The van der Waals surface area contributed by atoms with E-state index in [0.717, 1.165) is 24.4 Å². The Morgan fingerprint density at radius 2 is 1.86 bits per heavy atom. The Labute approximate surface area is 167 Å². The number of aryl methyl sites for hydroxylation is 1. The number of rotatable bonds is 5. The molecule has 1 aliphatic rings. The highest BCUT2D eigenvalue weighted by molar-refractivity contribution is 8.00. The third kappa shape index (κ3) is 3.91. The summed E-state index contributed by atoms with van der Waals surface area (Å²) in [6, 6.07) is 12.1. The van der Waals surface area contributed by atoms with Crippen molar-refractivity contribution < 1.29 is 13.6 Å². The summed E-state index contributed by atoms with van der Waals surface area (Å²) in [4.78, 5) is 17.0. The lowest BCUT2D eigenvalue weighted by Gasteiger charge is -2.37. The van der Waals surface area contributed by atoms with Crippen molar-refractivity contribution in [3.63, 3.8) is 0 Å². The van der Waals surface area contributed by atoms with Gasteiger partial charge in [0.1, 0.15) is 5.76 Å². The maximum Gasteiger partial charge on any atom is 0.277 e. The molecule has 4 rings (SSSR count). The molecule has 1 fully saturated rings. The van der Waals surface area contributed by atoms with E-state index in [1.165, 1.54) is 17.4 Å². The molecule has 28 heavy (non-hydrogen) atoms. The minimum absolute atomic E-state index is 0.0944. The van der Waals surface area contributed by atoms with Crippen molar-refractivity contribution in [2.75, 3.05) is 31.1 Å². The van der Waals surface area contributed by atoms with Crippen molar-refractivity contribution in [2.24, 2.45) is 0 Å². The molecule has 0 unspecified atom stereocenters. The first-order chi connectivity index (χ1) is 13.6. The second kappa shape index (κ2) is 8.10. The van der Waals surface area contributed by atoms with Crippen LogP contribution in [-0.2, 0) is 4.79 Å². The lowest BCUT2D eigenvalue weighted by atomic mass is 10.2. The van der Waals surface area contributed by atoms with Crippen molar-refractivity contribution in [1.29, 1.82) is 0 Å². The van der Waals surface area contributed by atoms with Crippen LogP contribution in [-0.4, -0.2) is 52.4 Å². The molecule has 1 aromatic carbocycles. The summed E-state index contributed by atoms with van der Waals surface area (Å²) in [5, 5.41) is 8.22. The summed E-state index contributed by atoms with van der Waals surface area (Å²) < 4.78 is 11.0. The molecule has 0 N–H and O–H groups in total. The van der Waals surface area contributed by atoms with E-state index in [4.69, 9.17) is 8.83 Å². The molecule has 0 radical (unpaired) electrons. The number of hydrogen-bond donors (Lipinski definition) is 0. The van der Waals surface area contributed by atoms with E-state index in [-0.39, 0.29) is 11.2 Å². The lowest BCUT2D eigenvalue weighted by Crippen LogP contribution is -2.50. The highest BCUT2D eigenvalue weighted by Crippen LogP contribution is 2.29. The van der Waals surface area contributed by atoms with Gasteiger partial charge in [0.15, 0.2) is 0 Å². The van der Waals surface area contributed by atoms with Crippen molar-refractivity contribution in [3.8, 4) is 11.5 Å². The molecule has 8 heteroatoms. The summed E-state index contributed by atoms with van der Waals surface area (Å²) in [6.45, 7) is 6.80. The predicted molar refractivity (Wildman–Crippen MR) is 107 cm³/mol. The number of aromatic nitrogens is 2. The van der Waals surface area contributed by atoms with Crippen LogP contribution in [0, 0.1) is 6.92 Å². The Kier molecular flexibility index (Phi) is 5.38. The fourth-order valence-electron chi connectivity index (χ4n) is 3.26. The van der Waals surface area contributed by atoms with E-state index in [9.17, 15) is 4.79 Å². The predicted octanol–water partition coefficient (Wildman–Crippen LogP) is 3.47. The van der Waals surface area contributed by atoms with E-state index in [0.29, 0.717) is 24.2 Å². The summed E-state index contributed by atoms with van der Waals surface area (Å²) in [5.41, 5.74) is 1.97. The number of anilines is 1. The fraction of sp³-hybridized carbons (Fsp3) is 0.350. The SMILES string of the molecule is Cc1occc1-c1nnc(S[C@@H](C)C(=O)N2CCN(c3ccccc3)CC2)o1. The van der Waals surface area contributed by atoms with Gasteiger partial charge >= 0.3 is 0 Å². The molecule has 1 aliphatic heterocycles. The number of carbonyl (C=O) groups is 1. The molecule has 1 saturated heterocycles.